The number of hydrogen-bond acceptors (Lipinski definition) is 9. The summed E-state index contributed by atoms with van der Waals surface area (Å²) in [5.41, 5.74) is 1.63. The van der Waals surface area contributed by atoms with Crippen molar-refractivity contribution in [2.24, 2.45) is 0 Å². The van der Waals surface area contributed by atoms with Crippen molar-refractivity contribution in [2.75, 3.05) is 0 Å². The van der Waals surface area contributed by atoms with Gasteiger partial charge in [0.1, 0.15) is 12.2 Å². The molecular weight excluding hydrogens is 448 g/mol. The van der Waals surface area contributed by atoms with Crippen LogP contribution in [0.5, 0.6) is 0 Å². The van der Waals surface area contributed by atoms with E-state index in [1.807, 2.05) is 0 Å². The van der Waals surface area contributed by atoms with Crippen LogP contribution in [0, 0.1) is 13.8 Å². The molecule has 9 nitrogen and oxygen atoms in total. The van der Waals surface area contributed by atoms with E-state index < -0.39 is 50.9 Å². The average molecular weight is 473 g/mol. The summed E-state index contributed by atoms with van der Waals surface area (Å²) in [6.07, 6.45) is -8.09. The predicted octanol–water partition coefficient (Wildman–Crippen LogP) is 1.25. The summed E-state index contributed by atoms with van der Waals surface area (Å²) in [4.78, 5) is -0.405. The van der Waals surface area contributed by atoms with Crippen LogP contribution >= 0.6 is 0 Å². The fourth-order valence-corrected chi connectivity index (χ4v) is 5.20. The number of aryl methyl sites for hydroxylation is 2. The molecule has 0 unspecified atom stereocenters. The molecule has 3 rings (SSSR count). The molecule has 0 aromatic heterocycles. The third kappa shape index (κ3) is 5.32. The largest absolute Gasteiger partial charge is 0.388 e. The zero-order chi connectivity index (χ0) is 23.0. The molecular formula is C20H24O9S2. The van der Waals surface area contributed by atoms with E-state index in [0.717, 1.165) is 11.1 Å². The predicted molar refractivity (Wildman–Crippen MR) is 109 cm³/mol. The van der Waals surface area contributed by atoms with Crippen LogP contribution in [0.25, 0.3) is 0 Å². The van der Waals surface area contributed by atoms with Crippen molar-refractivity contribution in [1.29, 1.82) is 0 Å². The second-order valence-corrected chi connectivity index (χ2v) is 10.5. The highest BCUT2D eigenvalue weighted by molar-refractivity contribution is 7.87. The fraction of sp³-hybridized carbons (Fsp3) is 0.400. The molecule has 0 saturated carbocycles. The molecule has 0 amide bonds. The van der Waals surface area contributed by atoms with Gasteiger partial charge in [0.25, 0.3) is 20.2 Å². The van der Waals surface area contributed by atoms with Crippen LogP contribution in [0.1, 0.15) is 18.1 Å². The molecule has 1 heterocycles. The Balaban J connectivity index is 1.92. The van der Waals surface area contributed by atoms with E-state index in [9.17, 15) is 27.0 Å². The minimum atomic E-state index is -4.44. The lowest BCUT2D eigenvalue weighted by molar-refractivity contribution is -0.265. The van der Waals surface area contributed by atoms with E-state index in [4.69, 9.17) is 13.1 Å². The van der Waals surface area contributed by atoms with Gasteiger partial charge in [-0.2, -0.15) is 16.8 Å². The van der Waals surface area contributed by atoms with Crippen molar-refractivity contribution in [3.63, 3.8) is 0 Å². The normalized spacial score (nSPS) is 27.2. The number of hydrogen-bond donors (Lipinski definition) is 2. The first-order valence-corrected chi connectivity index (χ1v) is 12.2. The van der Waals surface area contributed by atoms with Crippen LogP contribution in [0.15, 0.2) is 58.3 Å². The van der Waals surface area contributed by atoms with Gasteiger partial charge < -0.3 is 14.9 Å². The van der Waals surface area contributed by atoms with Crippen molar-refractivity contribution >= 4 is 20.2 Å². The smallest absolute Gasteiger partial charge is 0.297 e. The van der Waals surface area contributed by atoms with Crippen molar-refractivity contribution in [2.45, 2.75) is 61.3 Å². The van der Waals surface area contributed by atoms with Gasteiger partial charge in [0, 0.05) is 0 Å². The van der Waals surface area contributed by atoms with Gasteiger partial charge in [-0.1, -0.05) is 35.4 Å². The first-order valence-electron chi connectivity index (χ1n) is 9.42. The summed E-state index contributed by atoms with van der Waals surface area (Å²) in [7, 11) is -8.85. The topological polar surface area (TPSA) is 136 Å². The maximum atomic E-state index is 12.7. The third-order valence-corrected chi connectivity index (χ3v) is 7.52. The lowest BCUT2D eigenvalue weighted by atomic mass is 10.0. The molecule has 2 aromatic rings. The Kier molecular flexibility index (Phi) is 6.87. The van der Waals surface area contributed by atoms with E-state index in [1.54, 1.807) is 38.1 Å². The standard InChI is InChI=1S/C20H24O9S2/c1-12-4-8-15(9-5-12)30(23,24)28-18-17(21)14(3)27-20(22)19(18)29-31(25,26)16-10-6-13(2)7-11-16/h4-11,14,17-22H,1-3H3/t14-,17+,18+,19-,20+/m1/s1. The van der Waals surface area contributed by atoms with E-state index in [2.05, 4.69) is 0 Å². The van der Waals surface area contributed by atoms with E-state index in [-0.39, 0.29) is 9.79 Å². The Morgan fingerprint density at radius 2 is 1.13 bits per heavy atom. The molecule has 0 radical (unpaired) electrons. The summed E-state index contributed by atoms with van der Waals surface area (Å²) in [6, 6.07) is 11.5. The van der Waals surface area contributed by atoms with E-state index >= 15 is 0 Å². The highest BCUT2D eigenvalue weighted by Crippen LogP contribution is 2.30. The second-order valence-electron chi connectivity index (χ2n) is 7.38. The first-order chi connectivity index (χ1) is 14.4. The molecule has 31 heavy (non-hydrogen) atoms. The molecule has 1 fully saturated rings. The van der Waals surface area contributed by atoms with Gasteiger partial charge in [-0.25, -0.2) is 0 Å². The summed E-state index contributed by atoms with van der Waals surface area (Å²) in [5, 5.41) is 20.8. The van der Waals surface area contributed by atoms with E-state index in [1.165, 1.54) is 31.2 Å². The molecule has 5 atom stereocenters. The van der Waals surface area contributed by atoms with Crippen LogP contribution in [0.3, 0.4) is 0 Å². The van der Waals surface area contributed by atoms with Crippen molar-refractivity contribution in [3.05, 3.63) is 59.7 Å². The summed E-state index contributed by atoms with van der Waals surface area (Å²) < 4.78 is 66.2. The molecule has 0 spiro atoms. The SMILES string of the molecule is Cc1ccc(S(=O)(=O)O[C@@H]2[C@@H](OS(=O)(=O)c3ccc(C)cc3)[C@@H](O)[C@@H](C)O[C@@H]2O)cc1. The lowest BCUT2D eigenvalue weighted by Gasteiger charge is -2.40. The van der Waals surface area contributed by atoms with Gasteiger partial charge >= 0.3 is 0 Å². The Hall–Kier alpha value is -1.86. The van der Waals surface area contributed by atoms with Gasteiger partial charge in [0.2, 0.25) is 0 Å². The van der Waals surface area contributed by atoms with Crippen LogP contribution in [0.2, 0.25) is 0 Å². The molecule has 0 bridgehead atoms. The lowest BCUT2D eigenvalue weighted by Crippen LogP contribution is -2.59. The van der Waals surface area contributed by atoms with Crippen LogP contribution in [-0.2, 0) is 33.3 Å². The van der Waals surface area contributed by atoms with Crippen LogP contribution in [0.4, 0.5) is 0 Å². The number of aliphatic hydroxyl groups is 2. The Morgan fingerprint density at radius 1 is 0.742 bits per heavy atom. The van der Waals surface area contributed by atoms with Gasteiger partial charge in [-0.3, -0.25) is 8.37 Å². The summed E-state index contributed by atoms with van der Waals surface area (Å²) >= 11 is 0. The molecule has 0 aliphatic carbocycles. The van der Waals surface area contributed by atoms with Gasteiger partial charge in [0.15, 0.2) is 12.4 Å². The van der Waals surface area contributed by atoms with Crippen LogP contribution < -0.4 is 0 Å². The van der Waals surface area contributed by atoms with Gasteiger partial charge in [0.05, 0.1) is 15.9 Å². The molecule has 2 aromatic carbocycles. The third-order valence-electron chi connectivity index (χ3n) is 4.87. The Morgan fingerprint density at radius 3 is 1.55 bits per heavy atom. The minimum Gasteiger partial charge on any atom is -0.388 e. The Bertz CT molecular complexity index is 1110. The van der Waals surface area contributed by atoms with Gasteiger partial charge in [-0.15, -0.1) is 0 Å². The minimum absolute atomic E-state index is 0.195. The Labute approximate surface area is 181 Å². The zero-order valence-corrected chi connectivity index (χ0v) is 18.7. The van der Waals surface area contributed by atoms with Gasteiger partial charge in [-0.05, 0) is 45.0 Å². The number of benzene rings is 2. The number of rotatable bonds is 6. The zero-order valence-electron chi connectivity index (χ0n) is 17.1. The monoisotopic (exact) mass is 472 g/mol. The molecule has 1 aliphatic rings. The summed E-state index contributed by atoms with van der Waals surface area (Å²) in [6.45, 7) is 4.93. The highest BCUT2D eigenvalue weighted by Gasteiger charge is 2.49. The van der Waals surface area contributed by atoms with Crippen LogP contribution in [-0.4, -0.2) is 57.8 Å². The number of ether oxygens (including phenoxy) is 1. The molecule has 170 valence electrons. The van der Waals surface area contributed by atoms with Crippen molar-refractivity contribution in [3.8, 4) is 0 Å². The first kappa shape index (κ1) is 23.8. The fourth-order valence-electron chi connectivity index (χ4n) is 3.03. The molecule has 2 N–H and O–H groups in total. The van der Waals surface area contributed by atoms with E-state index in [0.29, 0.717) is 0 Å². The molecule has 11 heteroatoms. The average Bonchev–Trinajstić information content (AvgIpc) is 2.69. The molecule has 1 saturated heterocycles. The molecule has 1 aliphatic heterocycles. The maximum Gasteiger partial charge on any atom is 0.297 e. The quantitative estimate of drug-likeness (QED) is 0.595. The second kappa shape index (κ2) is 8.94. The number of aliphatic hydroxyl groups excluding tert-OH is 2. The summed E-state index contributed by atoms with van der Waals surface area (Å²) in [5.74, 6) is 0. The highest BCUT2D eigenvalue weighted by atomic mass is 32.2. The van der Waals surface area contributed by atoms with Crippen molar-refractivity contribution in [1.82, 2.24) is 0 Å². The maximum absolute atomic E-state index is 12.7. The van der Waals surface area contributed by atoms with Crippen molar-refractivity contribution < 1.29 is 40.2 Å².